The third kappa shape index (κ3) is 2.57. The zero-order valence-electron chi connectivity index (χ0n) is 8.83. The molecule has 0 bridgehead atoms. The van der Waals surface area contributed by atoms with Crippen molar-refractivity contribution in [3.05, 3.63) is 29.8 Å². The number of anilines is 1. The van der Waals surface area contributed by atoms with Gasteiger partial charge in [0.05, 0.1) is 0 Å². The molecule has 0 N–H and O–H groups in total. The molecule has 92 valence electrons. The van der Waals surface area contributed by atoms with E-state index in [-0.39, 0.29) is 6.54 Å². The highest BCUT2D eigenvalue weighted by Crippen LogP contribution is 2.31. The smallest absolute Gasteiger partial charge is 0.303 e. The molecule has 17 heavy (non-hydrogen) atoms. The van der Waals surface area contributed by atoms with E-state index in [2.05, 4.69) is 0 Å². The van der Waals surface area contributed by atoms with Gasteiger partial charge in [-0.2, -0.15) is 24.9 Å². The lowest BCUT2D eigenvalue weighted by Gasteiger charge is -2.23. The summed E-state index contributed by atoms with van der Waals surface area (Å²) < 4.78 is 37.4. The minimum absolute atomic E-state index is 0.0972. The predicted octanol–water partition coefficient (Wildman–Crippen LogP) is 2.83. The van der Waals surface area contributed by atoms with Crippen LogP contribution in [-0.2, 0) is 10.5 Å². The van der Waals surface area contributed by atoms with Crippen LogP contribution in [0.5, 0.6) is 0 Å². The topological polar surface area (TPSA) is 20.3 Å². The SMILES string of the molecule is O=C(N1CCSCc2ccccc21)C(F)(F)F. The van der Waals surface area contributed by atoms with Gasteiger partial charge in [0.1, 0.15) is 0 Å². The molecule has 0 fully saturated rings. The second kappa shape index (κ2) is 4.60. The van der Waals surface area contributed by atoms with E-state index in [0.717, 1.165) is 10.5 Å². The van der Waals surface area contributed by atoms with Gasteiger partial charge in [-0.3, -0.25) is 4.79 Å². The quantitative estimate of drug-likeness (QED) is 0.715. The van der Waals surface area contributed by atoms with E-state index in [4.69, 9.17) is 0 Å². The van der Waals surface area contributed by atoms with E-state index < -0.39 is 12.1 Å². The zero-order chi connectivity index (χ0) is 12.5. The summed E-state index contributed by atoms with van der Waals surface area (Å²) in [6, 6.07) is 6.72. The molecular weight excluding hydrogens is 251 g/mol. The molecule has 2 nitrogen and oxygen atoms in total. The fraction of sp³-hybridized carbons (Fsp3) is 0.364. The number of thioether (sulfide) groups is 1. The van der Waals surface area contributed by atoms with E-state index in [1.807, 2.05) is 0 Å². The van der Waals surface area contributed by atoms with Crippen molar-refractivity contribution in [2.24, 2.45) is 0 Å². The molecule has 1 amide bonds. The lowest BCUT2D eigenvalue weighted by Crippen LogP contribution is -2.42. The van der Waals surface area contributed by atoms with Crippen LogP contribution in [-0.4, -0.2) is 24.4 Å². The Morgan fingerprint density at radius 1 is 1.29 bits per heavy atom. The molecular formula is C11H10F3NOS. The largest absolute Gasteiger partial charge is 0.471 e. The first-order chi connectivity index (χ1) is 8.00. The van der Waals surface area contributed by atoms with Crippen LogP contribution in [0.2, 0.25) is 0 Å². The van der Waals surface area contributed by atoms with Crippen LogP contribution in [0, 0.1) is 0 Å². The molecule has 1 heterocycles. The number of alkyl halides is 3. The summed E-state index contributed by atoms with van der Waals surface area (Å²) in [5.74, 6) is -0.638. The molecule has 0 atom stereocenters. The monoisotopic (exact) mass is 261 g/mol. The third-order valence-electron chi connectivity index (χ3n) is 2.49. The molecule has 1 aromatic rings. The van der Waals surface area contributed by atoms with Gasteiger partial charge in [-0.15, -0.1) is 0 Å². The maximum atomic E-state index is 12.5. The van der Waals surface area contributed by atoms with E-state index >= 15 is 0 Å². The van der Waals surface area contributed by atoms with Crippen molar-refractivity contribution in [2.45, 2.75) is 11.9 Å². The number of para-hydroxylation sites is 1. The van der Waals surface area contributed by atoms with Gasteiger partial charge >= 0.3 is 12.1 Å². The van der Waals surface area contributed by atoms with Gasteiger partial charge in [-0.1, -0.05) is 18.2 Å². The van der Waals surface area contributed by atoms with Crippen LogP contribution < -0.4 is 4.90 Å². The Kier molecular flexibility index (Phi) is 3.33. The van der Waals surface area contributed by atoms with Gasteiger partial charge in [0, 0.05) is 23.7 Å². The summed E-state index contributed by atoms with van der Waals surface area (Å²) >= 11 is 1.53. The zero-order valence-corrected chi connectivity index (χ0v) is 9.64. The summed E-state index contributed by atoms with van der Waals surface area (Å²) in [6.07, 6.45) is -4.82. The maximum absolute atomic E-state index is 12.5. The molecule has 0 unspecified atom stereocenters. The highest BCUT2D eigenvalue weighted by molar-refractivity contribution is 7.98. The predicted molar refractivity (Wildman–Crippen MR) is 61.0 cm³/mol. The number of halogens is 3. The normalized spacial score (nSPS) is 16.3. The molecule has 0 spiro atoms. The summed E-state index contributed by atoms with van der Waals surface area (Å²) in [4.78, 5) is 12.2. The minimum atomic E-state index is -4.82. The van der Waals surface area contributed by atoms with Gasteiger partial charge in [-0.05, 0) is 11.6 Å². The Morgan fingerprint density at radius 2 is 2.00 bits per heavy atom. The number of nitrogens with zero attached hydrogens (tertiary/aromatic N) is 1. The van der Waals surface area contributed by atoms with Crippen LogP contribution in [0.3, 0.4) is 0 Å². The van der Waals surface area contributed by atoms with Crippen LogP contribution in [0.25, 0.3) is 0 Å². The van der Waals surface area contributed by atoms with Crippen LogP contribution in [0.1, 0.15) is 5.56 Å². The number of carbonyl (C=O) groups is 1. The van der Waals surface area contributed by atoms with E-state index in [0.29, 0.717) is 17.2 Å². The Balaban J connectivity index is 2.38. The number of fused-ring (bicyclic) bond motifs is 1. The van der Waals surface area contributed by atoms with Crippen LogP contribution >= 0.6 is 11.8 Å². The standard InChI is InChI=1S/C11H10F3NOS/c12-11(13,14)10(16)15-5-6-17-7-8-3-1-2-4-9(8)15/h1-4H,5-7H2. The molecule has 1 aliphatic heterocycles. The van der Waals surface area contributed by atoms with Crippen molar-refractivity contribution < 1.29 is 18.0 Å². The highest BCUT2D eigenvalue weighted by Gasteiger charge is 2.43. The molecule has 0 radical (unpaired) electrons. The molecule has 2 rings (SSSR count). The Hall–Kier alpha value is -1.17. The average Bonchev–Trinajstić information content (AvgIpc) is 2.48. The van der Waals surface area contributed by atoms with E-state index in [1.54, 1.807) is 24.3 Å². The Morgan fingerprint density at radius 3 is 2.71 bits per heavy atom. The third-order valence-corrected chi connectivity index (χ3v) is 3.47. The minimum Gasteiger partial charge on any atom is -0.303 e. The van der Waals surface area contributed by atoms with Gasteiger partial charge < -0.3 is 4.90 Å². The fourth-order valence-corrected chi connectivity index (χ4v) is 2.64. The lowest BCUT2D eigenvalue weighted by atomic mass is 10.2. The second-order valence-electron chi connectivity index (χ2n) is 3.64. The first-order valence-electron chi connectivity index (χ1n) is 5.04. The van der Waals surface area contributed by atoms with E-state index in [9.17, 15) is 18.0 Å². The summed E-state index contributed by atoms with van der Waals surface area (Å²) in [5.41, 5.74) is 1.15. The molecule has 1 aliphatic rings. The number of hydrogen-bond acceptors (Lipinski definition) is 2. The molecule has 0 aromatic heterocycles. The van der Waals surface area contributed by atoms with Gasteiger partial charge in [0.15, 0.2) is 0 Å². The van der Waals surface area contributed by atoms with Gasteiger partial charge in [0.25, 0.3) is 0 Å². The van der Waals surface area contributed by atoms with Crippen molar-refractivity contribution in [3.8, 4) is 0 Å². The number of benzene rings is 1. The van der Waals surface area contributed by atoms with Gasteiger partial charge in [-0.25, -0.2) is 0 Å². The second-order valence-corrected chi connectivity index (χ2v) is 4.74. The maximum Gasteiger partial charge on any atom is 0.471 e. The fourth-order valence-electron chi connectivity index (χ4n) is 1.72. The lowest BCUT2D eigenvalue weighted by molar-refractivity contribution is -0.170. The summed E-state index contributed by atoms with van der Waals surface area (Å²) in [7, 11) is 0. The number of rotatable bonds is 0. The first-order valence-corrected chi connectivity index (χ1v) is 6.20. The molecule has 1 aromatic carbocycles. The molecule has 0 aliphatic carbocycles. The number of amides is 1. The number of hydrogen-bond donors (Lipinski definition) is 0. The Bertz CT molecular complexity index is 433. The molecule has 0 saturated heterocycles. The average molecular weight is 261 g/mol. The van der Waals surface area contributed by atoms with Crippen molar-refractivity contribution in [1.82, 2.24) is 0 Å². The molecule has 6 heteroatoms. The van der Waals surface area contributed by atoms with E-state index in [1.165, 1.54) is 11.8 Å². The van der Waals surface area contributed by atoms with Crippen molar-refractivity contribution >= 4 is 23.4 Å². The van der Waals surface area contributed by atoms with Crippen LogP contribution in [0.15, 0.2) is 24.3 Å². The highest BCUT2D eigenvalue weighted by atomic mass is 32.2. The first kappa shape index (κ1) is 12.3. The van der Waals surface area contributed by atoms with Crippen molar-refractivity contribution in [1.29, 1.82) is 0 Å². The molecule has 0 saturated carbocycles. The Labute approximate surface area is 101 Å². The number of carbonyl (C=O) groups excluding carboxylic acids is 1. The summed E-state index contributed by atoms with van der Waals surface area (Å²) in [6.45, 7) is 0.0972. The van der Waals surface area contributed by atoms with Gasteiger partial charge in [0.2, 0.25) is 0 Å². The van der Waals surface area contributed by atoms with Crippen molar-refractivity contribution in [2.75, 3.05) is 17.2 Å². The van der Waals surface area contributed by atoms with Crippen molar-refractivity contribution in [3.63, 3.8) is 0 Å². The van der Waals surface area contributed by atoms with Crippen LogP contribution in [0.4, 0.5) is 18.9 Å². The summed E-state index contributed by atoms with van der Waals surface area (Å²) in [5, 5.41) is 0.